The second kappa shape index (κ2) is 7.25. The van der Waals surface area contributed by atoms with Crippen molar-refractivity contribution in [3.05, 3.63) is 0 Å². The molecule has 0 bridgehead atoms. The molecule has 3 nitrogen and oxygen atoms in total. The summed E-state index contributed by atoms with van der Waals surface area (Å²) in [6.07, 6.45) is 2.74. The van der Waals surface area contributed by atoms with Gasteiger partial charge in [-0.1, -0.05) is 6.92 Å². The minimum absolute atomic E-state index is 0.634. The van der Waals surface area contributed by atoms with Crippen LogP contribution in [-0.4, -0.2) is 50.3 Å². The Balaban J connectivity index is 2.25. The van der Waals surface area contributed by atoms with Gasteiger partial charge in [-0.15, -0.1) is 0 Å². The van der Waals surface area contributed by atoms with Crippen molar-refractivity contribution in [1.29, 1.82) is 0 Å². The van der Waals surface area contributed by atoms with Gasteiger partial charge in [0.2, 0.25) is 0 Å². The summed E-state index contributed by atoms with van der Waals surface area (Å²) in [7, 11) is 1.75. The third-order valence-corrected chi connectivity index (χ3v) is 3.65. The fourth-order valence-corrected chi connectivity index (χ4v) is 2.54. The first-order valence-corrected chi connectivity index (χ1v) is 6.60. The molecule has 0 aromatic heterocycles. The largest absolute Gasteiger partial charge is 0.383 e. The number of piperidine rings is 1. The Morgan fingerprint density at radius 3 is 2.81 bits per heavy atom. The van der Waals surface area contributed by atoms with Gasteiger partial charge < -0.3 is 10.1 Å². The Bertz CT molecular complexity index is 187. The van der Waals surface area contributed by atoms with E-state index < -0.39 is 0 Å². The first kappa shape index (κ1) is 13.9. The van der Waals surface area contributed by atoms with Gasteiger partial charge in [0.25, 0.3) is 0 Å². The molecule has 1 N–H and O–H groups in total. The average Bonchev–Trinajstić information content (AvgIpc) is 2.27. The fraction of sp³-hybridized carbons (Fsp3) is 1.00. The summed E-state index contributed by atoms with van der Waals surface area (Å²) in [5, 5.41) is 3.45. The number of hydrogen-bond donors (Lipinski definition) is 1. The molecule has 1 saturated heterocycles. The van der Waals surface area contributed by atoms with E-state index in [9.17, 15) is 0 Å². The minimum atomic E-state index is 0.634. The first-order valence-electron chi connectivity index (χ1n) is 6.60. The molecular formula is C13H28N2O. The van der Waals surface area contributed by atoms with Crippen LogP contribution < -0.4 is 5.32 Å². The van der Waals surface area contributed by atoms with Crippen molar-refractivity contribution in [2.75, 3.05) is 33.4 Å². The van der Waals surface area contributed by atoms with Crippen molar-refractivity contribution in [1.82, 2.24) is 10.2 Å². The van der Waals surface area contributed by atoms with Crippen molar-refractivity contribution in [3.63, 3.8) is 0 Å². The van der Waals surface area contributed by atoms with E-state index in [1.54, 1.807) is 7.11 Å². The van der Waals surface area contributed by atoms with Gasteiger partial charge in [-0.25, -0.2) is 0 Å². The molecular weight excluding hydrogens is 200 g/mol. The van der Waals surface area contributed by atoms with Crippen LogP contribution in [0.1, 0.15) is 33.6 Å². The lowest BCUT2D eigenvalue weighted by atomic mass is 9.93. The van der Waals surface area contributed by atoms with E-state index in [0.717, 1.165) is 31.7 Å². The molecule has 0 radical (unpaired) electrons. The van der Waals surface area contributed by atoms with Crippen molar-refractivity contribution in [2.45, 2.75) is 45.7 Å². The summed E-state index contributed by atoms with van der Waals surface area (Å²) in [5.74, 6) is 0.859. The lowest BCUT2D eigenvalue weighted by molar-refractivity contribution is 0.0829. The predicted molar refractivity (Wildman–Crippen MR) is 68.8 cm³/mol. The maximum atomic E-state index is 5.03. The summed E-state index contributed by atoms with van der Waals surface area (Å²) in [4.78, 5) is 2.65. The number of likely N-dealkylation sites (tertiary alicyclic amines) is 1. The van der Waals surface area contributed by atoms with Crippen molar-refractivity contribution >= 4 is 0 Å². The zero-order valence-electron chi connectivity index (χ0n) is 11.3. The van der Waals surface area contributed by atoms with E-state index in [-0.39, 0.29) is 0 Å². The van der Waals surface area contributed by atoms with E-state index in [1.807, 2.05) is 0 Å². The molecule has 1 aliphatic rings. The molecule has 0 aromatic carbocycles. The van der Waals surface area contributed by atoms with E-state index >= 15 is 0 Å². The second-order valence-electron chi connectivity index (χ2n) is 5.27. The van der Waals surface area contributed by atoms with Gasteiger partial charge in [0.1, 0.15) is 0 Å². The Morgan fingerprint density at radius 2 is 2.12 bits per heavy atom. The highest BCUT2D eigenvalue weighted by molar-refractivity contribution is 4.81. The summed E-state index contributed by atoms with van der Waals surface area (Å²) in [6, 6.07) is 1.38. The first-order chi connectivity index (χ1) is 7.65. The lowest BCUT2D eigenvalue weighted by Crippen LogP contribution is -2.49. The highest BCUT2D eigenvalue weighted by Crippen LogP contribution is 2.22. The van der Waals surface area contributed by atoms with Crippen LogP contribution >= 0.6 is 0 Å². The smallest absolute Gasteiger partial charge is 0.0587 e. The van der Waals surface area contributed by atoms with Gasteiger partial charge in [0.15, 0.2) is 0 Å². The monoisotopic (exact) mass is 228 g/mol. The molecule has 1 heterocycles. The van der Waals surface area contributed by atoms with Crippen molar-refractivity contribution in [2.24, 2.45) is 5.92 Å². The van der Waals surface area contributed by atoms with Gasteiger partial charge >= 0.3 is 0 Å². The maximum absolute atomic E-state index is 5.03. The van der Waals surface area contributed by atoms with Crippen LogP contribution in [0.2, 0.25) is 0 Å². The molecule has 0 saturated carbocycles. The Kier molecular flexibility index (Phi) is 6.32. The predicted octanol–water partition coefficient (Wildman–Crippen LogP) is 1.73. The van der Waals surface area contributed by atoms with Crippen molar-refractivity contribution < 1.29 is 4.74 Å². The number of nitrogens with one attached hydrogen (secondary N) is 1. The van der Waals surface area contributed by atoms with E-state index in [0.29, 0.717) is 6.04 Å². The lowest BCUT2D eigenvalue weighted by Gasteiger charge is -2.41. The molecule has 3 atom stereocenters. The highest BCUT2D eigenvalue weighted by atomic mass is 16.5. The molecule has 0 aliphatic carbocycles. The Morgan fingerprint density at radius 1 is 1.38 bits per heavy atom. The molecule has 16 heavy (non-hydrogen) atoms. The van der Waals surface area contributed by atoms with Crippen molar-refractivity contribution in [3.8, 4) is 0 Å². The molecule has 1 rings (SSSR count). The highest BCUT2D eigenvalue weighted by Gasteiger charge is 2.26. The van der Waals surface area contributed by atoms with Crippen LogP contribution in [0.15, 0.2) is 0 Å². The van der Waals surface area contributed by atoms with Crippen LogP contribution in [0, 0.1) is 5.92 Å². The molecule has 3 unspecified atom stereocenters. The van der Waals surface area contributed by atoms with E-state index in [1.165, 1.54) is 19.4 Å². The van der Waals surface area contributed by atoms with Crippen LogP contribution in [0.3, 0.4) is 0 Å². The van der Waals surface area contributed by atoms with Gasteiger partial charge in [-0.05, 0) is 32.6 Å². The molecule has 3 heteroatoms. The Hall–Kier alpha value is -0.120. The number of hydrogen-bond acceptors (Lipinski definition) is 3. The molecule has 96 valence electrons. The number of nitrogens with zero attached hydrogens (tertiary/aromatic N) is 1. The summed E-state index contributed by atoms with van der Waals surface area (Å²) in [5.41, 5.74) is 0. The topological polar surface area (TPSA) is 24.5 Å². The standard InChI is InChI=1S/C13H28N2O/c1-11-5-6-12(2)15(10-11)13(3)9-14-7-8-16-4/h11-14H,5-10H2,1-4H3. The van der Waals surface area contributed by atoms with Gasteiger partial charge in [-0.2, -0.15) is 0 Å². The maximum Gasteiger partial charge on any atom is 0.0587 e. The van der Waals surface area contributed by atoms with E-state index in [2.05, 4.69) is 31.0 Å². The summed E-state index contributed by atoms with van der Waals surface area (Å²) >= 11 is 0. The summed E-state index contributed by atoms with van der Waals surface area (Å²) < 4.78 is 5.03. The molecule has 1 fully saturated rings. The number of methoxy groups -OCH3 is 1. The van der Waals surface area contributed by atoms with Gasteiger partial charge in [-0.3, -0.25) is 4.90 Å². The van der Waals surface area contributed by atoms with Crippen LogP contribution in [0.4, 0.5) is 0 Å². The van der Waals surface area contributed by atoms with E-state index in [4.69, 9.17) is 4.74 Å². The zero-order chi connectivity index (χ0) is 12.0. The Labute approximate surface area is 101 Å². The van der Waals surface area contributed by atoms with Crippen LogP contribution in [0.5, 0.6) is 0 Å². The second-order valence-corrected chi connectivity index (χ2v) is 5.27. The molecule has 1 aliphatic heterocycles. The van der Waals surface area contributed by atoms with Crippen LogP contribution in [-0.2, 0) is 4.74 Å². The third-order valence-electron chi connectivity index (χ3n) is 3.65. The molecule has 0 spiro atoms. The summed E-state index contributed by atoms with van der Waals surface area (Å²) in [6.45, 7) is 11.1. The normalized spacial score (nSPS) is 29.2. The number of ether oxygens (including phenoxy) is 1. The SMILES string of the molecule is COCCNCC(C)N1CC(C)CCC1C. The zero-order valence-corrected chi connectivity index (χ0v) is 11.3. The third kappa shape index (κ3) is 4.40. The minimum Gasteiger partial charge on any atom is -0.383 e. The average molecular weight is 228 g/mol. The van der Waals surface area contributed by atoms with Gasteiger partial charge in [0, 0.05) is 38.8 Å². The van der Waals surface area contributed by atoms with Crippen LogP contribution in [0.25, 0.3) is 0 Å². The molecule has 0 amide bonds. The van der Waals surface area contributed by atoms with Gasteiger partial charge in [0.05, 0.1) is 6.61 Å². The number of rotatable bonds is 6. The quantitative estimate of drug-likeness (QED) is 0.701. The fourth-order valence-electron chi connectivity index (χ4n) is 2.54. The molecule has 0 aromatic rings.